The molecule has 3 rings (SSSR count). The van der Waals surface area contributed by atoms with Crippen LogP contribution < -0.4 is 5.73 Å². The van der Waals surface area contributed by atoms with Crippen LogP contribution in [0.15, 0.2) is 28.7 Å². The Labute approximate surface area is 120 Å². The summed E-state index contributed by atoms with van der Waals surface area (Å²) in [6.07, 6.45) is 5.43. The summed E-state index contributed by atoms with van der Waals surface area (Å²) < 4.78 is 2.80. The first-order valence-electron chi connectivity index (χ1n) is 6.53. The highest BCUT2D eigenvalue weighted by Crippen LogP contribution is 2.34. The third kappa shape index (κ3) is 2.42. The van der Waals surface area contributed by atoms with Crippen LogP contribution in [0.2, 0.25) is 0 Å². The standard InChI is InChI=1S/C13H16BrN5/c14-10-4-6-11(7-5-10)19-12(16-17-18-19)13(15)8-2-1-3-9-13/h4-7H,1-3,8-9,15H2. The molecule has 1 aliphatic carbocycles. The third-order valence-corrected chi connectivity index (χ3v) is 4.26. The third-order valence-electron chi connectivity index (χ3n) is 3.73. The Balaban J connectivity index is 2.00. The molecular formula is C13H16BrN5. The summed E-state index contributed by atoms with van der Waals surface area (Å²) in [6.45, 7) is 0. The maximum atomic E-state index is 6.52. The van der Waals surface area contributed by atoms with Gasteiger partial charge in [-0.3, -0.25) is 0 Å². The number of hydrogen-bond acceptors (Lipinski definition) is 4. The lowest BCUT2D eigenvalue weighted by molar-refractivity contribution is 0.282. The second-order valence-electron chi connectivity index (χ2n) is 5.11. The van der Waals surface area contributed by atoms with E-state index in [-0.39, 0.29) is 0 Å². The van der Waals surface area contributed by atoms with Crippen LogP contribution in [0.3, 0.4) is 0 Å². The lowest BCUT2D eigenvalue weighted by atomic mass is 9.82. The molecule has 0 atom stereocenters. The van der Waals surface area contributed by atoms with E-state index in [9.17, 15) is 0 Å². The molecule has 0 aliphatic heterocycles. The van der Waals surface area contributed by atoms with Gasteiger partial charge in [-0.2, -0.15) is 4.68 Å². The molecule has 2 aromatic rings. The molecule has 0 spiro atoms. The molecule has 2 N–H and O–H groups in total. The zero-order valence-corrected chi connectivity index (χ0v) is 12.2. The molecule has 0 saturated heterocycles. The fourth-order valence-corrected chi connectivity index (χ4v) is 2.92. The Kier molecular flexibility index (Phi) is 3.36. The van der Waals surface area contributed by atoms with E-state index in [1.165, 1.54) is 6.42 Å². The Morgan fingerprint density at radius 1 is 1.11 bits per heavy atom. The molecule has 5 nitrogen and oxygen atoms in total. The summed E-state index contributed by atoms with van der Waals surface area (Å²) in [4.78, 5) is 0. The fraction of sp³-hybridized carbons (Fsp3) is 0.462. The molecule has 1 aromatic heterocycles. The van der Waals surface area contributed by atoms with Crippen LogP contribution in [-0.2, 0) is 5.54 Å². The van der Waals surface area contributed by atoms with Gasteiger partial charge in [0.25, 0.3) is 0 Å². The van der Waals surface area contributed by atoms with Crippen LogP contribution in [0.1, 0.15) is 37.9 Å². The van der Waals surface area contributed by atoms with Gasteiger partial charge in [0.1, 0.15) is 0 Å². The summed E-state index contributed by atoms with van der Waals surface area (Å²) in [5.74, 6) is 0.773. The van der Waals surface area contributed by atoms with E-state index in [0.29, 0.717) is 0 Å². The number of aromatic nitrogens is 4. The Morgan fingerprint density at radius 3 is 2.47 bits per heavy atom. The van der Waals surface area contributed by atoms with Crippen molar-refractivity contribution in [3.8, 4) is 5.69 Å². The molecule has 1 aromatic carbocycles. The lowest BCUT2D eigenvalue weighted by Crippen LogP contribution is -2.41. The van der Waals surface area contributed by atoms with Crippen molar-refractivity contribution in [1.82, 2.24) is 20.2 Å². The van der Waals surface area contributed by atoms with Crippen molar-refractivity contribution in [2.45, 2.75) is 37.6 Å². The van der Waals surface area contributed by atoms with E-state index in [4.69, 9.17) is 5.73 Å². The summed E-state index contributed by atoms with van der Waals surface area (Å²) in [7, 11) is 0. The molecule has 0 bridgehead atoms. The van der Waals surface area contributed by atoms with E-state index in [2.05, 4.69) is 31.5 Å². The molecule has 6 heteroatoms. The highest BCUT2D eigenvalue weighted by atomic mass is 79.9. The second-order valence-corrected chi connectivity index (χ2v) is 6.02. The van der Waals surface area contributed by atoms with Crippen LogP contribution in [0, 0.1) is 0 Å². The molecule has 0 amide bonds. The molecular weight excluding hydrogens is 306 g/mol. The van der Waals surface area contributed by atoms with E-state index in [1.807, 2.05) is 24.3 Å². The SMILES string of the molecule is NC1(c2nnnn2-c2ccc(Br)cc2)CCCCC1. The van der Waals surface area contributed by atoms with Gasteiger partial charge in [-0.25, -0.2) is 0 Å². The zero-order valence-electron chi connectivity index (χ0n) is 10.6. The minimum atomic E-state index is -0.394. The van der Waals surface area contributed by atoms with Gasteiger partial charge in [-0.05, 0) is 47.5 Å². The van der Waals surface area contributed by atoms with Crippen molar-refractivity contribution in [3.63, 3.8) is 0 Å². The van der Waals surface area contributed by atoms with E-state index in [1.54, 1.807) is 4.68 Å². The predicted molar refractivity (Wildman–Crippen MR) is 75.8 cm³/mol. The quantitative estimate of drug-likeness (QED) is 0.922. The van der Waals surface area contributed by atoms with E-state index < -0.39 is 5.54 Å². The molecule has 100 valence electrons. The van der Waals surface area contributed by atoms with Gasteiger partial charge in [-0.15, -0.1) is 5.10 Å². The van der Waals surface area contributed by atoms with Gasteiger partial charge in [0.05, 0.1) is 11.2 Å². The molecule has 1 aliphatic rings. The number of rotatable bonds is 2. The predicted octanol–water partition coefficient (Wildman–Crippen LogP) is 2.54. The highest BCUT2D eigenvalue weighted by Gasteiger charge is 2.35. The van der Waals surface area contributed by atoms with Crippen LogP contribution in [-0.4, -0.2) is 20.2 Å². The van der Waals surface area contributed by atoms with Gasteiger partial charge < -0.3 is 5.73 Å². The topological polar surface area (TPSA) is 69.6 Å². The Hall–Kier alpha value is -1.27. The minimum Gasteiger partial charge on any atom is -0.319 e. The van der Waals surface area contributed by atoms with Crippen molar-refractivity contribution in [1.29, 1.82) is 0 Å². The summed E-state index contributed by atoms with van der Waals surface area (Å²) in [5.41, 5.74) is 7.07. The van der Waals surface area contributed by atoms with Gasteiger partial charge >= 0.3 is 0 Å². The van der Waals surface area contributed by atoms with Gasteiger partial charge in [-0.1, -0.05) is 35.2 Å². The number of nitrogens with zero attached hydrogens (tertiary/aromatic N) is 4. The largest absolute Gasteiger partial charge is 0.319 e. The molecule has 19 heavy (non-hydrogen) atoms. The number of nitrogens with two attached hydrogens (primary N) is 1. The van der Waals surface area contributed by atoms with Crippen molar-refractivity contribution in [3.05, 3.63) is 34.6 Å². The number of benzene rings is 1. The zero-order chi connectivity index (χ0) is 13.3. The molecule has 0 radical (unpaired) electrons. The van der Waals surface area contributed by atoms with Gasteiger partial charge in [0.15, 0.2) is 5.82 Å². The number of tetrazole rings is 1. The Morgan fingerprint density at radius 2 is 1.79 bits per heavy atom. The van der Waals surface area contributed by atoms with Gasteiger partial charge in [0.2, 0.25) is 0 Å². The number of halogens is 1. The normalized spacial score (nSPS) is 18.4. The maximum Gasteiger partial charge on any atom is 0.176 e. The van der Waals surface area contributed by atoms with Crippen LogP contribution in [0.25, 0.3) is 5.69 Å². The second kappa shape index (κ2) is 5.02. The number of hydrogen-bond donors (Lipinski definition) is 1. The first-order chi connectivity index (χ1) is 9.19. The first-order valence-corrected chi connectivity index (χ1v) is 7.32. The molecule has 1 heterocycles. The summed E-state index contributed by atoms with van der Waals surface area (Å²) in [5, 5.41) is 12.1. The van der Waals surface area contributed by atoms with Crippen LogP contribution in [0.4, 0.5) is 0 Å². The Bertz CT molecular complexity index is 557. The maximum absolute atomic E-state index is 6.52. The summed E-state index contributed by atoms with van der Waals surface area (Å²) >= 11 is 3.43. The molecule has 1 saturated carbocycles. The van der Waals surface area contributed by atoms with E-state index >= 15 is 0 Å². The minimum absolute atomic E-state index is 0.394. The average molecular weight is 322 g/mol. The summed E-state index contributed by atoms with van der Waals surface area (Å²) in [6, 6.07) is 7.92. The monoisotopic (exact) mass is 321 g/mol. The fourth-order valence-electron chi connectivity index (χ4n) is 2.66. The van der Waals surface area contributed by atoms with Crippen molar-refractivity contribution in [2.24, 2.45) is 5.73 Å². The lowest BCUT2D eigenvalue weighted by Gasteiger charge is -2.31. The molecule has 1 fully saturated rings. The van der Waals surface area contributed by atoms with Crippen LogP contribution in [0.5, 0.6) is 0 Å². The van der Waals surface area contributed by atoms with Crippen molar-refractivity contribution in [2.75, 3.05) is 0 Å². The van der Waals surface area contributed by atoms with Crippen molar-refractivity contribution < 1.29 is 0 Å². The van der Waals surface area contributed by atoms with Crippen LogP contribution >= 0.6 is 15.9 Å². The van der Waals surface area contributed by atoms with Gasteiger partial charge in [0, 0.05) is 4.47 Å². The van der Waals surface area contributed by atoms with Crippen molar-refractivity contribution >= 4 is 15.9 Å². The average Bonchev–Trinajstić information content (AvgIpc) is 2.90. The highest BCUT2D eigenvalue weighted by molar-refractivity contribution is 9.10. The first kappa shape index (κ1) is 12.7. The van der Waals surface area contributed by atoms with E-state index in [0.717, 1.165) is 41.7 Å². The molecule has 0 unspecified atom stereocenters. The smallest absolute Gasteiger partial charge is 0.176 e.